The number of amides is 1. The lowest BCUT2D eigenvalue weighted by molar-refractivity contribution is -0.118. The van der Waals surface area contributed by atoms with Crippen LogP contribution in [0.25, 0.3) is 0 Å². The number of benzene rings is 2. The first-order chi connectivity index (χ1) is 16.6. The highest BCUT2D eigenvalue weighted by molar-refractivity contribution is 6.30. The van der Waals surface area contributed by atoms with E-state index >= 15 is 0 Å². The zero-order valence-corrected chi connectivity index (χ0v) is 20.2. The van der Waals surface area contributed by atoms with Gasteiger partial charge in [0.05, 0.1) is 6.20 Å². The van der Waals surface area contributed by atoms with Crippen LogP contribution < -0.4 is 15.4 Å². The van der Waals surface area contributed by atoms with Crippen LogP contribution in [0.5, 0.6) is 5.75 Å². The monoisotopic (exact) mass is 478 g/mol. The molecule has 3 aromatic rings. The standard InChI is InChI=1S/C27H31ClN4O2/c1-32-17-14-23(15-18-32)34-24-11-12-25(30-19-24)31-27(33)26(21-5-3-2-4-6-21)29-16-13-20-7-9-22(28)10-8-20/h2-12,19,23,26,29H,13-18H2,1H3,(H,30,31,33). The molecule has 1 unspecified atom stereocenters. The summed E-state index contributed by atoms with van der Waals surface area (Å²) in [5.74, 6) is 1.08. The number of likely N-dealkylation sites (tertiary alicyclic amines) is 1. The Hall–Kier alpha value is -2.93. The maximum Gasteiger partial charge on any atom is 0.247 e. The summed E-state index contributed by atoms with van der Waals surface area (Å²) in [5, 5.41) is 7.04. The van der Waals surface area contributed by atoms with Crippen molar-refractivity contribution in [2.45, 2.75) is 31.4 Å². The number of nitrogens with zero attached hydrogens (tertiary/aromatic N) is 2. The fourth-order valence-corrected chi connectivity index (χ4v) is 4.16. The number of hydrogen-bond donors (Lipinski definition) is 2. The van der Waals surface area contributed by atoms with Crippen LogP contribution in [0.2, 0.25) is 5.02 Å². The van der Waals surface area contributed by atoms with Crippen molar-refractivity contribution in [3.8, 4) is 5.75 Å². The molecule has 0 radical (unpaired) electrons. The van der Waals surface area contributed by atoms with E-state index in [1.54, 1.807) is 12.3 Å². The van der Waals surface area contributed by atoms with Gasteiger partial charge in [-0.05, 0) is 61.7 Å². The van der Waals surface area contributed by atoms with Gasteiger partial charge in [0.25, 0.3) is 0 Å². The lowest BCUT2D eigenvalue weighted by atomic mass is 10.1. The third-order valence-corrected chi connectivity index (χ3v) is 6.28. The molecule has 1 saturated heterocycles. The highest BCUT2D eigenvalue weighted by Gasteiger charge is 2.21. The number of pyridine rings is 1. The Kier molecular flexibility index (Phi) is 8.52. The number of carbonyl (C=O) groups excluding carboxylic acids is 1. The first kappa shape index (κ1) is 24.2. The number of carbonyl (C=O) groups is 1. The highest BCUT2D eigenvalue weighted by Crippen LogP contribution is 2.20. The zero-order chi connectivity index (χ0) is 23.8. The molecule has 1 aromatic heterocycles. The van der Waals surface area contributed by atoms with Gasteiger partial charge < -0.3 is 20.3 Å². The Labute approximate surface area is 206 Å². The summed E-state index contributed by atoms with van der Waals surface area (Å²) in [7, 11) is 2.13. The Balaban J connectivity index is 1.35. The third-order valence-electron chi connectivity index (χ3n) is 6.03. The fourth-order valence-electron chi connectivity index (χ4n) is 4.04. The topological polar surface area (TPSA) is 66.5 Å². The van der Waals surface area contributed by atoms with Crippen LogP contribution in [0, 0.1) is 0 Å². The highest BCUT2D eigenvalue weighted by atomic mass is 35.5. The third kappa shape index (κ3) is 7.03. The molecule has 1 atom stereocenters. The fraction of sp³-hybridized carbons (Fsp3) is 0.333. The maximum atomic E-state index is 13.2. The normalized spacial score (nSPS) is 15.6. The van der Waals surface area contributed by atoms with Crippen molar-refractivity contribution >= 4 is 23.3 Å². The van der Waals surface area contributed by atoms with Crippen molar-refractivity contribution in [1.82, 2.24) is 15.2 Å². The molecule has 1 aliphatic heterocycles. The SMILES string of the molecule is CN1CCC(Oc2ccc(NC(=O)C(NCCc3ccc(Cl)cc3)c3ccccc3)nc2)CC1. The summed E-state index contributed by atoms with van der Waals surface area (Å²) in [6.07, 6.45) is 4.70. The molecule has 6 nitrogen and oxygen atoms in total. The molecule has 2 aromatic carbocycles. The van der Waals surface area contributed by atoms with Gasteiger partial charge >= 0.3 is 0 Å². The molecule has 1 fully saturated rings. The maximum absolute atomic E-state index is 13.2. The number of halogens is 1. The molecule has 1 aliphatic rings. The number of piperidine rings is 1. The number of ether oxygens (including phenoxy) is 1. The lowest BCUT2D eigenvalue weighted by Crippen LogP contribution is -2.35. The van der Waals surface area contributed by atoms with Crippen molar-refractivity contribution < 1.29 is 9.53 Å². The van der Waals surface area contributed by atoms with E-state index in [9.17, 15) is 4.79 Å². The molecule has 0 bridgehead atoms. The molecular weight excluding hydrogens is 448 g/mol. The van der Waals surface area contributed by atoms with Crippen molar-refractivity contribution in [3.05, 3.63) is 89.1 Å². The van der Waals surface area contributed by atoms with E-state index in [0.717, 1.165) is 49.2 Å². The minimum atomic E-state index is -0.495. The second-order valence-corrected chi connectivity index (χ2v) is 9.10. The van der Waals surface area contributed by atoms with Gasteiger partial charge in [0.15, 0.2) is 0 Å². The molecule has 1 amide bonds. The molecule has 4 rings (SSSR count). The largest absolute Gasteiger partial charge is 0.489 e. The van der Waals surface area contributed by atoms with Crippen LogP contribution in [-0.2, 0) is 11.2 Å². The van der Waals surface area contributed by atoms with E-state index < -0.39 is 6.04 Å². The van der Waals surface area contributed by atoms with E-state index in [4.69, 9.17) is 16.3 Å². The minimum Gasteiger partial charge on any atom is -0.489 e. The average Bonchev–Trinajstić information content (AvgIpc) is 2.86. The van der Waals surface area contributed by atoms with E-state index in [0.29, 0.717) is 17.4 Å². The molecule has 0 spiro atoms. The summed E-state index contributed by atoms with van der Waals surface area (Å²) in [6.45, 7) is 2.72. The van der Waals surface area contributed by atoms with Crippen LogP contribution in [0.4, 0.5) is 5.82 Å². The summed E-state index contributed by atoms with van der Waals surface area (Å²) in [6, 6.07) is 20.6. The number of aromatic nitrogens is 1. The first-order valence-electron chi connectivity index (χ1n) is 11.7. The minimum absolute atomic E-state index is 0.154. The van der Waals surface area contributed by atoms with E-state index in [1.165, 1.54) is 0 Å². The smallest absolute Gasteiger partial charge is 0.247 e. The van der Waals surface area contributed by atoms with E-state index in [-0.39, 0.29) is 12.0 Å². The van der Waals surface area contributed by atoms with Crippen LogP contribution in [0.3, 0.4) is 0 Å². The first-order valence-corrected chi connectivity index (χ1v) is 12.1. The van der Waals surface area contributed by atoms with Crippen molar-refractivity contribution in [2.75, 3.05) is 32.0 Å². The Bertz CT molecular complexity index is 1040. The summed E-state index contributed by atoms with van der Waals surface area (Å²) in [5.41, 5.74) is 2.06. The molecule has 0 aliphatic carbocycles. The number of anilines is 1. The Morgan fingerprint density at radius 2 is 1.82 bits per heavy atom. The average molecular weight is 479 g/mol. The second-order valence-electron chi connectivity index (χ2n) is 8.66. The summed E-state index contributed by atoms with van der Waals surface area (Å²) >= 11 is 5.97. The summed E-state index contributed by atoms with van der Waals surface area (Å²) < 4.78 is 6.06. The quantitative estimate of drug-likeness (QED) is 0.466. The molecule has 7 heteroatoms. The second kappa shape index (κ2) is 12.0. The predicted octanol–water partition coefficient (Wildman–Crippen LogP) is 4.72. The van der Waals surface area contributed by atoms with Gasteiger partial charge in [-0.1, -0.05) is 54.1 Å². The van der Waals surface area contributed by atoms with Gasteiger partial charge in [0.1, 0.15) is 23.7 Å². The van der Waals surface area contributed by atoms with Gasteiger partial charge in [0, 0.05) is 24.7 Å². The molecule has 178 valence electrons. The molecular formula is C27H31ClN4O2. The number of nitrogens with one attached hydrogen (secondary N) is 2. The molecule has 34 heavy (non-hydrogen) atoms. The number of hydrogen-bond acceptors (Lipinski definition) is 5. The Morgan fingerprint density at radius 3 is 2.50 bits per heavy atom. The van der Waals surface area contributed by atoms with Gasteiger partial charge in [-0.3, -0.25) is 4.79 Å². The molecule has 2 N–H and O–H groups in total. The van der Waals surface area contributed by atoms with Crippen molar-refractivity contribution in [2.24, 2.45) is 0 Å². The lowest BCUT2D eigenvalue weighted by Gasteiger charge is -2.29. The van der Waals surface area contributed by atoms with E-state index in [1.807, 2.05) is 60.7 Å². The van der Waals surface area contributed by atoms with Crippen molar-refractivity contribution in [1.29, 1.82) is 0 Å². The van der Waals surface area contributed by atoms with Gasteiger partial charge in [-0.15, -0.1) is 0 Å². The number of rotatable bonds is 9. The van der Waals surface area contributed by atoms with E-state index in [2.05, 4.69) is 27.6 Å². The zero-order valence-electron chi connectivity index (χ0n) is 19.4. The van der Waals surface area contributed by atoms with Gasteiger partial charge in [-0.25, -0.2) is 4.98 Å². The molecule has 2 heterocycles. The van der Waals surface area contributed by atoms with Crippen LogP contribution >= 0.6 is 11.6 Å². The predicted molar refractivity (Wildman–Crippen MR) is 136 cm³/mol. The van der Waals surface area contributed by atoms with Gasteiger partial charge in [0.2, 0.25) is 5.91 Å². The van der Waals surface area contributed by atoms with Crippen LogP contribution in [-0.4, -0.2) is 48.6 Å². The molecule has 0 saturated carbocycles. The summed E-state index contributed by atoms with van der Waals surface area (Å²) in [4.78, 5) is 19.9. The van der Waals surface area contributed by atoms with Gasteiger partial charge in [-0.2, -0.15) is 0 Å². The Morgan fingerprint density at radius 1 is 1.09 bits per heavy atom. The van der Waals surface area contributed by atoms with Crippen LogP contribution in [0.1, 0.15) is 30.0 Å². The van der Waals surface area contributed by atoms with Crippen molar-refractivity contribution in [3.63, 3.8) is 0 Å². The van der Waals surface area contributed by atoms with Crippen LogP contribution in [0.15, 0.2) is 72.9 Å².